The molecule has 2 aromatic heterocycles. The summed E-state index contributed by atoms with van der Waals surface area (Å²) in [6.07, 6.45) is -0.462. The molecule has 2 atom stereocenters. The van der Waals surface area contributed by atoms with Crippen LogP contribution in [0, 0.1) is 0 Å². The van der Waals surface area contributed by atoms with Gasteiger partial charge in [-0.2, -0.15) is 18.3 Å². The average molecular weight is 367 g/mol. The Morgan fingerprint density at radius 3 is 2.46 bits per heavy atom. The summed E-state index contributed by atoms with van der Waals surface area (Å²) in [6, 6.07) is 1.71. The lowest BCUT2D eigenvalue weighted by Crippen LogP contribution is -2.41. The van der Waals surface area contributed by atoms with E-state index in [0.717, 1.165) is 16.8 Å². The smallest absolute Gasteiger partial charge is 0.403 e. The van der Waals surface area contributed by atoms with Gasteiger partial charge >= 0.3 is 13.3 Å². The Bertz CT molecular complexity index is 833. The maximum atomic E-state index is 12.7. The molecule has 0 spiro atoms. The molecule has 9 heteroatoms. The fraction of sp³-hybridized carbons (Fsp3) is 0.647. The lowest BCUT2D eigenvalue weighted by Gasteiger charge is -2.32. The van der Waals surface area contributed by atoms with E-state index < -0.39 is 23.9 Å². The van der Waals surface area contributed by atoms with Gasteiger partial charge < -0.3 is 9.31 Å². The van der Waals surface area contributed by atoms with E-state index in [1.807, 2.05) is 27.7 Å². The van der Waals surface area contributed by atoms with E-state index in [4.69, 9.17) is 9.31 Å². The zero-order valence-corrected chi connectivity index (χ0v) is 15.2. The third kappa shape index (κ3) is 3.01. The third-order valence-corrected chi connectivity index (χ3v) is 5.72. The lowest BCUT2D eigenvalue weighted by atomic mass is 9.80. The van der Waals surface area contributed by atoms with Crippen molar-refractivity contribution in [2.75, 3.05) is 0 Å². The van der Waals surface area contributed by atoms with E-state index in [2.05, 4.69) is 10.1 Å². The Hall–Kier alpha value is -1.61. The summed E-state index contributed by atoms with van der Waals surface area (Å²) in [5.74, 6) is 0.295. The van der Waals surface area contributed by atoms with Crippen molar-refractivity contribution in [1.82, 2.24) is 14.8 Å². The molecule has 2 fully saturated rings. The van der Waals surface area contributed by atoms with Gasteiger partial charge in [-0.05, 0) is 40.2 Å². The van der Waals surface area contributed by atoms with E-state index in [-0.39, 0.29) is 18.9 Å². The molecule has 0 radical (unpaired) electrons. The van der Waals surface area contributed by atoms with Crippen LogP contribution < -0.4 is 0 Å². The zero-order chi connectivity index (χ0) is 18.9. The molecule has 1 unspecified atom stereocenters. The number of hydrogen-bond acceptors (Lipinski definition) is 4. The molecule has 0 N–H and O–H groups in total. The van der Waals surface area contributed by atoms with Crippen LogP contribution in [0.1, 0.15) is 45.7 Å². The highest BCUT2D eigenvalue weighted by Crippen LogP contribution is 2.58. The topological polar surface area (TPSA) is 49.2 Å². The molecule has 1 saturated carbocycles. The fourth-order valence-corrected chi connectivity index (χ4v) is 3.41. The van der Waals surface area contributed by atoms with Crippen LogP contribution in [0.15, 0.2) is 18.5 Å². The summed E-state index contributed by atoms with van der Waals surface area (Å²) < 4.78 is 51.3. The molecule has 0 aromatic carbocycles. The maximum Gasteiger partial charge on any atom is 0.461 e. The molecule has 26 heavy (non-hydrogen) atoms. The molecule has 1 aliphatic heterocycles. The average Bonchev–Trinajstić information content (AvgIpc) is 3.16. The number of fused-ring (bicyclic) bond motifs is 1. The first kappa shape index (κ1) is 17.8. The van der Waals surface area contributed by atoms with Gasteiger partial charge in [0.05, 0.1) is 22.9 Å². The lowest BCUT2D eigenvalue weighted by molar-refractivity contribution is -0.141. The molecule has 1 saturated heterocycles. The Morgan fingerprint density at radius 2 is 1.85 bits per heavy atom. The SMILES string of the molecule is CC1(C)OB([C@H]2CC2c2cc3c(cn2)cnn3CC(F)(F)F)OC1(C)C. The van der Waals surface area contributed by atoms with Crippen molar-refractivity contribution >= 4 is 18.0 Å². The molecule has 0 bridgehead atoms. The van der Waals surface area contributed by atoms with E-state index in [0.29, 0.717) is 10.9 Å². The predicted octanol–water partition coefficient (Wildman–Crippen LogP) is 3.94. The molecule has 4 rings (SSSR count). The third-order valence-electron chi connectivity index (χ3n) is 5.72. The monoisotopic (exact) mass is 367 g/mol. The summed E-state index contributed by atoms with van der Waals surface area (Å²) in [5.41, 5.74) is 0.425. The standard InChI is InChI=1S/C17H21BF3N3O2/c1-15(2)16(3,4)26-18(25-15)12-5-11(12)13-6-14-10(7-22-13)8-23-24(14)9-17(19,20)21/h6-8,11-12H,5,9H2,1-4H3/t11?,12-/m0/s1. The van der Waals surface area contributed by atoms with E-state index >= 15 is 0 Å². The number of pyridine rings is 1. The molecule has 3 heterocycles. The van der Waals surface area contributed by atoms with Crippen molar-refractivity contribution in [3.63, 3.8) is 0 Å². The van der Waals surface area contributed by atoms with Gasteiger partial charge in [0.1, 0.15) is 6.54 Å². The van der Waals surface area contributed by atoms with Gasteiger partial charge in [-0.15, -0.1) is 0 Å². The molecule has 0 amide bonds. The van der Waals surface area contributed by atoms with Crippen LogP contribution >= 0.6 is 0 Å². The maximum absolute atomic E-state index is 12.7. The van der Waals surface area contributed by atoms with Crippen molar-refractivity contribution in [3.05, 3.63) is 24.2 Å². The Balaban J connectivity index is 1.55. The van der Waals surface area contributed by atoms with Crippen LogP contribution in [0.25, 0.3) is 10.9 Å². The minimum absolute atomic E-state index is 0.128. The van der Waals surface area contributed by atoms with Crippen LogP contribution in [0.3, 0.4) is 0 Å². The number of hydrogen-bond donors (Lipinski definition) is 0. The molecular formula is C17H21BF3N3O2. The minimum atomic E-state index is -4.31. The van der Waals surface area contributed by atoms with E-state index in [1.165, 1.54) is 6.20 Å². The van der Waals surface area contributed by atoms with Crippen molar-refractivity contribution in [2.24, 2.45) is 0 Å². The predicted molar refractivity (Wildman–Crippen MR) is 90.8 cm³/mol. The van der Waals surface area contributed by atoms with Crippen LogP contribution in [0.4, 0.5) is 13.2 Å². The van der Waals surface area contributed by atoms with Crippen molar-refractivity contribution in [1.29, 1.82) is 0 Å². The number of halogens is 3. The van der Waals surface area contributed by atoms with Gasteiger partial charge in [0.15, 0.2) is 0 Å². The molecule has 140 valence electrons. The summed E-state index contributed by atoms with van der Waals surface area (Å²) >= 11 is 0. The molecule has 2 aliphatic rings. The largest absolute Gasteiger partial charge is 0.461 e. The highest BCUT2D eigenvalue weighted by molar-refractivity contribution is 6.49. The van der Waals surface area contributed by atoms with E-state index in [9.17, 15) is 13.2 Å². The number of alkyl halides is 3. The molecule has 5 nitrogen and oxygen atoms in total. The Morgan fingerprint density at radius 1 is 1.19 bits per heavy atom. The summed E-state index contributed by atoms with van der Waals surface area (Å²) in [6.45, 7) is 6.91. The van der Waals surface area contributed by atoms with Gasteiger partial charge in [0, 0.05) is 29.0 Å². The first-order valence-corrected chi connectivity index (χ1v) is 8.71. The van der Waals surface area contributed by atoms with Crippen molar-refractivity contribution in [3.8, 4) is 0 Å². The second-order valence-electron chi connectivity index (χ2n) is 8.22. The summed E-state index contributed by atoms with van der Waals surface area (Å²) in [7, 11) is -0.317. The normalized spacial score (nSPS) is 27.3. The number of aromatic nitrogens is 3. The highest BCUT2D eigenvalue weighted by Gasteiger charge is 2.60. The van der Waals surface area contributed by atoms with Crippen LogP contribution in [0.2, 0.25) is 5.82 Å². The first-order chi connectivity index (χ1) is 12.0. The molecular weight excluding hydrogens is 346 g/mol. The quantitative estimate of drug-likeness (QED) is 0.771. The second-order valence-corrected chi connectivity index (χ2v) is 8.22. The fourth-order valence-electron chi connectivity index (χ4n) is 3.41. The Labute approximate surface area is 150 Å². The zero-order valence-electron chi connectivity index (χ0n) is 15.2. The van der Waals surface area contributed by atoms with Crippen LogP contribution in [-0.4, -0.2) is 39.3 Å². The van der Waals surface area contributed by atoms with Crippen LogP contribution in [0.5, 0.6) is 0 Å². The highest BCUT2D eigenvalue weighted by atomic mass is 19.4. The summed E-state index contributed by atoms with van der Waals surface area (Å²) in [4.78, 5) is 4.43. The van der Waals surface area contributed by atoms with Crippen LogP contribution in [-0.2, 0) is 15.9 Å². The van der Waals surface area contributed by atoms with Gasteiger partial charge in [0.25, 0.3) is 0 Å². The second kappa shape index (κ2) is 5.45. The molecule has 2 aromatic rings. The van der Waals surface area contributed by atoms with E-state index in [1.54, 1.807) is 12.3 Å². The van der Waals surface area contributed by atoms with Gasteiger partial charge in [-0.25, -0.2) is 0 Å². The van der Waals surface area contributed by atoms with Gasteiger partial charge in [-0.1, -0.05) is 0 Å². The minimum Gasteiger partial charge on any atom is -0.403 e. The number of nitrogens with zero attached hydrogens (tertiary/aromatic N) is 3. The van der Waals surface area contributed by atoms with Gasteiger partial charge in [0.2, 0.25) is 0 Å². The van der Waals surface area contributed by atoms with Gasteiger partial charge in [-0.3, -0.25) is 9.67 Å². The summed E-state index contributed by atoms with van der Waals surface area (Å²) in [5, 5.41) is 4.45. The first-order valence-electron chi connectivity index (χ1n) is 8.71. The van der Waals surface area contributed by atoms with Crippen molar-refractivity contribution in [2.45, 2.75) is 69.8 Å². The Kier molecular flexibility index (Phi) is 3.73. The number of rotatable bonds is 3. The molecule has 1 aliphatic carbocycles. The van der Waals surface area contributed by atoms with Crippen molar-refractivity contribution < 1.29 is 22.5 Å².